The summed E-state index contributed by atoms with van der Waals surface area (Å²) in [5.41, 5.74) is 5.40. The van der Waals surface area contributed by atoms with E-state index in [9.17, 15) is 4.79 Å². The Balaban J connectivity index is 2.55. The number of methoxy groups -OCH3 is 1. The first-order valence-corrected chi connectivity index (χ1v) is 6.61. The van der Waals surface area contributed by atoms with Gasteiger partial charge >= 0.3 is 5.97 Å². The number of likely N-dealkylation sites (N-methyl/N-ethyl adjacent to an activating group) is 2. The molecule has 5 nitrogen and oxygen atoms in total. The molecule has 1 fully saturated rings. The Hall–Kier alpha value is -0.650. The van der Waals surface area contributed by atoms with Gasteiger partial charge in [0.2, 0.25) is 0 Å². The van der Waals surface area contributed by atoms with Crippen LogP contribution >= 0.6 is 0 Å². The van der Waals surface area contributed by atoms with Gasteiger partial charge < -0.3 is 20.3 Å². The fraction of sp³-hybridized carbons (Fsp3) is 0.923. The van der Waals surface area contributed by atoms with E-state index < -0.39 is 5.54 Å². The van der Waals surface area contributed by atoms with Crippen molar-refractivity contribution < 1.29 is 9.53 Å². The molecule has 1 aliphatic rings. The maximum absolute atomic E-state index is 11.7. The highest BCUT2D eigenvalue weighted by molar-refractivity contribution is 5.80. The average Bonchev–Trinajstić information content (AvgIpc) is 2.34. The van der Waals surface area contributed by atoms with Gasteiger partial charge in [0.25, 0.3) is 0 Å². The molecule has 0 aromatic heterocycles. The van der Waals surface area contributed by atoms with Gasteiger partial charge in [-0.1, -0.05) is 0 Å². The zero-order valence-electron chi connectivity index (χ0n) is 12.1. The monoisotopic (exact) mass is 257 g/mol. The van der Waals surface area contributed by atoms with E-state index >= 15 is 0 Å². The number of hydrogen-bond donors (Lipinski definition) is 1. The maximum Gasteiger partial charge on any atom is 0.325 e. The molecule has 0 spiro atoms. The Morgan fingerprint density at radius 1 is 1.39 bits per heavy atom. The predicted octanol–water partition coefficient (Wildman–Crippen LogP) is 0.293. The van der Waals surface area contributed by atoms with Gasteiger partial charge in [0, 0.05) is 19.1 Å². The summed E-state index contributed by atoms with van der Waals surface area (Å²) in [4.78, 5) is 16.2. The van der Waals surface area contributed by atoms with E-state index in [0.29, 0.717) is 12.5 Å². The molecule has 0 heterocycles. The van der Waals surface area contributed by atoms with E-state index in [1.165, 1.54) is 7.11 Å². The number of carbonyl (C=O) groups is 1. The molecule has 0 radical (unpaired) electrons. The minimum atomic E-state index is -0.788. The van der Waals surface area contributed by atoms with Crippen molar-refractivity contribution in [2.45, 2.75) is 37.3 Å². The average molecular weight is 257 g/mol. The fourth-order valence-electron chi connectivity index (χ4n) is 2.58. The lowest BCUT2D eigenvalue weighted by atomic mass is 9.79. The van der Waals surface area contributed by atoms with Crippen LogP contribution in [0.15, 0.2) is 0 Å². The van der Waals surface area contributed by atoms with E-state index in [-0.39, 0.29) is 5.97 Å². The lowest BCUT2D eigenvalue weighted by Crippen LogP contribution is -2.56. The zero-order valence-corrected chi connectivity index (χ0v) is 12.1. The van der Waals surface area contributed by atoms with E-state index in [0.717, 1.165) is 32.4 Å². The third-order valence-corrected chi connectivity index (χ3v) is 3.88. The second-order valence-corrected chi connectivity index (χ2v) is 5.68. The van der Waals surface area contributed by atoms with Crippen LogP contribution in [-0.4, -0.2) is 68.7 Å². The summed E-state index contributed by atoms with van der Waals surface area (Å²) in [6, 6.07) is 0.378. The normalized spacial score (nSPS) is 28.7. The van der Waals surface area contributed by atoms with Gasteiger partial charge in [0.1, 0.15) is 5.54 Å². The number of hydrogen-bond acceptors (Lipinski definition) is 5. The standard InChI is InChI=1S/C13H27N3O2/c1-15(2)8-9-16(3)11-6-5-7-13(14,10-11)12(17)18-4/h11H,5-10,14H2,1-4H3. The second kappa shape index (κ2) is 6.50. The van der Waals surface area contributed by atoms with Gasteiger partial charge in [-0.15, -0.1) is 0 Å². The predicted molar refractivity (Wildman–Crippen MR) is 72.4 cm³/mol. The SMILES string of the molecule is COC(=O)C1(N)CCCC(N(C)CCN(C)C)C1. The highest BCUT2D eigenvalue weighted by atomic mass is 16.5. The fourth-order valence-corrected chi connectivity index (χ4v) is 2.58. The van der Waals surface area contributed by atoms with Crippen molar-refractivity contribution in [3.8, 4) is 0 Å². The lowest BCUT2D eigenvalue weighted by Gasteiger charge is -2.39. The summed E-state index contributed by atoms with van der Waals surface area (Å²) in [5, 5.41) is 0. The molecule has 0 saturated heterocycles. The smallest absolute Gasteiger partial charge is 0.325 e. The van der Waals surface area contributed by atoms with Crippen LogP contribution in [0, 0.1) is 0 Å². The second-order valence-electron chi connectivity index (χ2n) is 5.68. The van der Waals surface area contributed by atoms with Crippen LogP contribution < -0.4 is 5.73 Å². The van der Waals surface area contributed by atoms with Crippen LogP contribution in [0.4, 0.5) is 0 Å². The Morgan fingerprint density at radius 2 is 2.06 bits per heavy atom. The summed E-state index contributed by atoms with van der Waals surface area (Å²) >= 11 is 0. The molecule has 5 heteroatoms. The highest BCUT2D eigenvalue weighted by Crippen LogP contribution is 2.29. The first-order chi connectivity index (χ1) is 8.39. The third-order valence-electron chi connectivity index (χ3n) is 3.88. The van der Waals surface area contributed by atoms with Crippen LogP contribution in [0.25, 0.3) is 0 Å². The van der Waals surface area contributed by atoms with Crippen molar-refractivity contribution >= 4 is 5.97 Å². The molecule has 1 aliphatic carbocycles. The Labute approximate surface area is 110 Å². The molecule has 2 N–H and O–H groups in total. The van der Waals surface area contributed by atoms with Crippen LogP contribution in [0.2, 0.25) is 0 Å². The van der Waals surface area contributed by atoms with Gasteiger partial charge in [0.05, 0.1) is 7.11 Å². The van der Waals surface area contributed by atoms with Crippen molar-refractivity contribution in [2.24, 2.45) is 5.73 Å². The van der Waals surface area contributed by atoms with Crippen molar-refractivity contribution in [3.63, 3.8) is 0 Å². The molecule has 106 valence electrons. The molecule has 2 unspecified atom stereocenters. The Kier molecular flexibility index (Phi) is 5.56. The first-order valence-electron chi connectivity index (χ1n) is 6.61. The van der Waals surface area contributed by atoms with Crippen LogP contribution in [0.3, 0.4) is 0 Å². The molecule has 0 amide bonds. The van der Waals surface area contributed by atoms with Crippen LogP contribution in [-0.2, 0) is 9.53 Å². The molecule has 0 aromatic carbocycles. The Morgan fingerprint density at radius 3 is 2.61 bits per heavy atom. The number of nitrogens with two attached hydrogens (primary N) is 1. The van der Waals surface area contributed by atoms with Crippen molar-refractivity contribution in [1.82, 2.24) is 9.80 Å². The zero-order chi connectivity index (χ0) is 13.8. The summed E-state index contributed by atoms with van der Waals surface area (Å²) in [7, 11) is 7.65. The van der Waals surface area contributed by atoms with E-state index in [1.54, 1.807) is 0 Å². The lowest BCUT2D eigenvalue weighted by molar-refractivity contribution is -0.149. The van der Waals surface area contributed by atoms with Gasteiger partial charge in [0.15, 0.2) is 0 Å². The number of ether oxygens (including phenoxy) is 1. The number of carbonyl (C=O) groups excluding carboxylic acids is 1. The van der Waals surface area contributed by atoms with Crippen molar-refractivity contribution in [1.29, 1.82) is 0 Å². The Bertz CT molecular complexity index is 283. The maximum atomic E-state index is 11.7. The van der Waals surface area contributed by atoms with Gasteiger partial charge in [-0.05, 0) is 46.8 Å². The molecule has 1 rings (SSSR count). The minimum absolute atomic E-state index is 0.270. The number of nitrogens with zero attached hydrogens (tertiary/aromatic N) is 2. The van der Waals surface area contributed by atoms with Crippen LogP contribution in [0.1, 0.15) is 25.7 Å². The van der Waals surface area contributed by atoms with E-state index in [1.807, 2.05) is 0 Å². The largest absolute Gasteiger partial charge is 0.468 e. The van der Waals surface area contributed by atoms with Gasteiger partial charge in [-0.3, -0.25) is 4.79 Å². The molecule has 0 aliphatic heterocycles. The topological polar surface area (TPSA) is 58.8 Å². The summed E-state index contributed by atoms with van der Waals surface area (Å²) in [6.45, 7) is 2.01. The summed E-state index contributed by atoms with van der Waals surface area (Å²) < 4.78 is 4.83. The highest BCUT2D eigenvalue weighted by Gasteiger charge is 2.41. The third kappa shape index (κ3) is 3.93. The minimum Gasteiger partial charge on any atom is -0.468 e. The van der Waals surface area contributed by atoms with Gasteiger partial charge in [-0.2, -0.15) is 0 Å². The molecular formula is C13H27N3O2. The molecular weight excluding hydrogens is 230 g/mol. The molecule has 18 heavy (non-hydrogen) atoms. The van der Waals surface area contributed by atoms with Crippen molar-refractivity contribution in [3.05, 3.63) is 0 Å². The van der Waals surface area contributed by atoms with Crippen molar-refractivity contribution in [2.75, 3.05) is 41.3 Å². The number of rotatable bonds is 5. The number of esters is 1. The molecule has 0 bridgehead atoms. The van der Waals surface area contributed by atoms with Crippen LogP contribution in [0.5, 0.6) is 0 Å². The van der Waals surface area contributed by atoms with E-state index in [2.05, 4.69) is 30.9 Å². The quantitative estimate of drug-likeness (QED) is 0.718. The molecule has 1 saturated carbocycles. The molecule has 2 atom stereocenters. The summed E-state index contributed by atoms with van der Waals surface area (Å²) in [5.74, 6) is -0.270. The molecule has 0 aromatic rings. The first kappa shape index (κ1) is 15.4. The summed E-state index contributed by atoms with van der Waals surface area (Å²) in [6.07, 6.45) is 3.53. The van der Waals surface area contributed by atoms with E-state index in [4.69, 9.17) is 10.5 Å². The van der Waals surface area contributed by atoms with Gasteiger partial charge in [-0.25, -0.2) is 0 Å².